The van der Waals surface area contributed by atoms with Crippen molar-refractivity contribution in [2.75, 3.05) is 6.61 Å². The van der Waals surface area contributed by atoms with Crippen LogP contribution < -0.4 is 5.73 Å². The number of nitrogens with two attached hydrogens (primary N) is 1. The van der Waals surface area contributed by atoms with Crippen molar-refractivity contribution in [2.24, 2.45) is 5.73 Å². The predicted molar refractivity (Wildman–Crippen MR) is 43.8 cm³/mol. The van der Waals surface area contributed by atoms with E-state index in [0.29, 0.717) is 19.4 Å². The van der Waals surface area contributed by atoms with Crippen LogP contribution in [-0.2, 0) is 9.53 Å². The van der Waals surface area contributed by atoms with E-state index in [1.807, 2.05) is 6.92 Å². The fraction of sp³-hybridized carbons (Fsp3) is 0.625. The number of rotatable bonds is 4. The summed E-state index contributed by atoms with van der Waals surface area (Å²) in [6.45, 7) is 4.13. The van der Waals surface area contributed by atoms with Crippen LogP contribution in [0.2, 0.25) is 0 Å². The molecule has 0 aliphatic carbocycles. The molecule has 0 radical (unpaired) electrons. The van der Waals surface area contributed by atoms with Crippen molar-refractivity contribution in [1.29, 1.82) is 0 Å². The molecule has 0 aromatic rings. The van der Waals surface area contributed by atoms with Crippen molar-refractivity contribution >= 4 is 5.97 Å². The minimum absolute atomic E-state index is 0.159. The Bertz CT molecular complexity index is 152. The minimum Gasteiger partial charge on any atom is -0.466 e. The summed E-state index contributed by atoms with van der Waals surface area (Å²) in [5.41, 5.74) is 6.23. The molecular weight excluding hydrogens is 142 g/mol. The number of carbonyl (C=O) groups is 1. The molecule has 0 saturated heterocycles. The smallest absolute Gasteiger partial charge is 0.306 e. The highest BCUT2D eigenvalue weighted by Crippen LogP contribution is 2.02. The summed E-state index contributed by atoms with van der Waals surface area (Å²) in [5.74, 6) is -0.159. The lowest BCUT2D eigenvalue weighted by Gasteiger charge is -2.00. The molecule has 2 N–H and O–H groups in total. The maximum atomic E-state index is 10.8. The summed E-state index contributed by atoms with van der Waals surface area (Å²) in [4.78, 5) is 10.8. The zero-order valence-corrected chi connectivity index (χ0v) is 7.09. The van der Waals surface area contributed by atoms with Crippen LogP contribution in [0.5, 0.6) is 0 Å². The van der Waals surface area contributed by atoms with Crippen LogP contribution in [-0.4, -0.2) is 12.6 Å². The second-order valence-electron chi connectivity index (χ2n) is 2.32. The topological polar surface area (TPSA) is 52.3 Å². The number of hydrogen-bond acceptors (Lipinski definition) is 3. The van der Waals surface area contributed by atoms with Gasteiger partial charge < -0.3 is 10.5 Å². The summed E-state index contributed by atoms with van der Waals surface area (Å²) in [5, 5.41) is 0. The average molecular weight is 157 g/mol. The monoisotopic (exact) mass is 157 g/mol. The van der Waals surface area contributed by atoms with E-state index in [4.69, 9.17) is 10.5 Å². The molecule has 64 valence electrons. The molecule has 0 saturated carbocycles. The van der Waals surface area contributed by atoms with Gasteiger partial charge in [0.2, 0.25) is 0 Å². The van der Waals surface area contributed by atoms with Gasteiger partial charge in [-0.2, -0.15) is 0 Å². The minimum atomic E-state index is -0.159. The number of carbonyl (C=O) groups excluding carboxylic acids is 1. The van der Waals surface area contributed by atoms with E-state index >= 15 is 0 Å². The molecule has 0 aromatic carbocycles. The van der Waals surface area contributed by atoms with E-state index in [2.05, 4.69) is 0 Å². The molecule has 0 atom stereocenters. The van der Waals surface area contributed by atoms with Crippen LogP contribution in [0.1, 0.15) is 26.7 Å². The van der Waals surface area contributed by atoms with Crippen LogP contribution >= 0.6 is 0 Å². The number of allylic oxidation sites excluding steroid dienone is 1. The van der Waals surface area contributed by atoms with Gasteiger partial charge in [0.25, 0.3) is 0 Å². The summed E-state index contributed by atoms with van der Waals surface area (Å²) in [6, 6.07) is 0. The molecule has 0 amide bonds. The molecule has 0 aliphatic heterocycles. The van der Waals surface area contributed by atoms with Gasteiger partial charge in [-0.25, -0.2) is 0 Å². The van der Waals surface area contributed by atoms with Gasteiger partial charge in [0.05, 0.1) is 6.61 Å². The molecule has 0 bridgehead atoms. The Hall–Kier alpha value is -0.990. The molecule has 3 nitrogen and oxygen atoms in total. The van der Waals surface area contributed by atoms with Gasteiger partial charge in [-0.1, -0.05) is 5.57 Å². The van der Waals surface area contributed by atoms with E-state index in [1.54, 1.807) is 6.92 Å². The van der Waals surface area contributed by atoms with Gasteiger partial charge in [-0.3, -0.25) is 4.79 Å². The van der Waals surface area contributed by atoms with Gasteiger partial charge in [0.15, 0.2) is 0 Å². The average Bonchev–Trinajstić information content (AvgIpc) is 2.01. The molecule has 11 heavy (non-hydrogen) atoms. The molecule has 0 fully saturated rings. The van der Waals surface area contributed by atoms with Crippen LogP contribution in [0.3, 0.4) is 0 Å². The Morgan fingerprint density at radius 1 is 1.55 bits per heavy atom. The van der Waals surface area contributed by atoms with Gasteiger partial charge >= 0.3 is 5.97 Å². The summed E-state index contributed by atoms with van der Waals surface area (Å²) in [7, 11) is 0. The largest absolute Gasteiger partial charge is 0.466 e. The van der Waals surface area contributed by atoms with Crippen LogP contribution in [0, 0.1) is 0 Å². The van der Waals surface area contributed by atoms with Crippen molar-refractivity contribution in [3.63, 3.8) is 0 Å². The van der Waals surface area contributed by atoms with Crippen molar-refractivity contribution in [3.05, 3.63) is 11.8 Å². The maximum absolute atomic E-state index is 10.8. The number of esters is 1. The Labute approximate surface area is 67.2 Å². The Balaban J connectivity index is 3.46. The fourth-order valence-corrected chi connectivity index (χ4v) is 0.616. The first-order valence-electron chi connectivity index (χ1n) is 3.73. The second-order valence-corrected chi connectivity index (χ2v) is 2.32. The lowest BCUT2D eigenvalue weighted by atomic mass is 10.2. The molecule has 0 heterocycles. The van der Waals surface area contributed by atoms with E-state index in [9.17, 15) is 4.79 Å². The molecule has 3 heteroatoms. The van der Waals surface area contributed by atoms with Gasteiger partial charge in [-0.05, 0) is 26.5 Å². The zero-order chi connectivity index (χ0) is 8.69. The number of ether oxygens (including phenoxy) is 1. The van der Waals surface area contributed by atoms with Crippen LogP contribution in [0.25, 0.3) is 0 Å². The Morgan fingerprint density at radius 2 is 2.18 bits per heavy atom. The predicted octanol–water partition coefficient (Wildman–Crippen LogP) is 1.19. The van der Waals surface area contributed by atoms with E-state index in [0.717, 1.165) is 5.57 Å². The van der Waals surface area contributed by atoms with Crippen LogP contribution in [0.4, 0.5) is 0 Å². The maximum Gasteiger partial charge on any atom is 0.306 e. The highest BCUT2D eigenvalue weighted by atomic mass is 16.5. The first-order valence-corrected chi connectivity index (χ1v) is 3.73. The van der Waals surface area contributed by atoms with Gasteiger partial charge in [0.1, 0.15) is 0 Å². The lowest BCUT2D eigenvalue weighted by Crippen LogP contribution is -2.03. The molecule has 0 spiro atoms. The van der Waals surface area contributed by atoms with E-state index < -0.39 is 0 Å². The Morgan fingerprint density at radius 3 is 2.64 bits per heavy atom. The molecule has 0 rings (SSSR count). The molecular formula is C8H15NO2. The third-order valence-electron chi connectivity index (χ3n) is 1.31. The highest BCUT2D eigenvalue weighted by molar-refractivity contribution is 5.69. The lowest BCUT2D eigenvalue weighted by molar-refractivity contribution is -0.143. The van der Waals surface area contributed by atoms with Crippen LogP contribution in [0.15, 0.2) is 11.8 Å². The van der Waals surface area contributed by atoms with Crippen molar-refractivity contribution in [3.8, 4) is 0 Å². The summed E-state index contributed by atoms with van der Waals surface area (Å²) in [6.07, 6.45) is 2.63. The summed E-state index contributed by atoms with van der Waals surface area (Å²) < 4.78 is 4.73. The second kappa shape index (κ2) is 5.77. The van der Waals surface area contributed by atoms with Gasteiger partial charge in [0, 0.05) is 6.42 Å². The SMILES string of the molecule is CCOC(=O)CCC(C)=CN. The highest BCUT2D eigenvalue weighted by Gasteiger charge is 2.00. The van der Waals surface area contributed by atoms with Crippen molar-refractivity contribution < 1.29 is 9.53 Å². The third-order valence-corrected chi connectivity index (χ3v) is 1.31. The van der Waals surface area contributed by atoms with E-state index in [-0.39, 0.29) is 5.97 Å². The standard InChI is InChI=1S/C8H15NO2/c1-3-11-8(10)5-4-7(2)6-9/h6H,3-5,9H2,1-2H3. The zero-order valence-electron chi connectivity index (χ0n) is 7.09. The number of hydrogen-bond donors (Lipinski definition) is 1. The first-order chi connectivity index (χ1) is 5.20. The van der Waals surface area contributed by atoms with Crippen molar-refractivity contribution in [2.45, 2.75) is 26.7 Å². The Kier molecular flexibility index (Phi) is 5.25. The van der Waals surface area contributed by atoms with Gasteiger partial charge in [-0.15, -0.1) is 0 Å². The molecule has 0 aromatic heterocycles. The van der Waals surface area contributed by atoms with E-state index in [1.165, 1.54) is 6.20 Å². The normalized spacial score (nSPS) is 11.3. The molecule has 0 aliphatic rings. The summed E-state index contributed by atoms with van der Waals surface area (Å²) >= 11 is 0. The van der Waals surface area contributed by atoms with Crippen molar-refractivity contribution in [1.82, 2.24) is 0 Å². The third kappa shape index (κ3) is 5.45. The first kappa shape index (κ1) is 10.0. The molecule has 0 unspecified atom stereocenters. The fourth-order valence-electron chi connectivity index (χ4n) is 0.616. The quantitative estimate of drug-likeness (QED) is 0.624.